The molecule has 1 fully saturated rings. The van der Waals surface area contributed by atoms with E-state index in [9.17, 15) is 17.6 Å². The lowest BCUT2D eigenvalue weighted by Gasteiger charge is -2.29. The molecule has 0 spiro atoms. The van der Waals surface area contributed by atoms with Gasteiger partial charge in [0.2, 0.25) is 10.0 Å². The maximum Gasteiger partial charge on any atom is 0.260 e. The van der Waals surface area contributed by atoms with Gasteiger partial charge in [-0.3, -0.25) is 9.10 Å². The van der Waals surface area contributed by atoms with Crippen LogP contribution in [0.15, 0.2) is 36.4 Å². The van der Waals surface area contributed by atoms with Crippen LogP contribution in [0.4, 0.5) is 15.8 Å². The van der Waals surface area contributed by atoms with Crippen molar-refractivity contribution in [3.05, 3.63) is 58.4 Å². The van der Waals surface area contributed by atoms with Crippen molar-refractivity contribution in [1.82, 2.24) is 0 Å². The van der Waals surface area contributed by atoms with Gasteiger partial charge in [-0.15, -0.1) is 0 Å². The Balaban J connectivity index is 1.85. The van der Waals surface area contributed by atoms with E-state index in [1.807, 2.05) is 0 Å². The normalized spacial score (nSPS) is 16.3. The number of aryl methyl sites for hydroxylation is 1. The van der Waals surface area contributed by atoms with Crippen molar-refractivity contribution >= 4 is 38.9 Å². The van der Waals surface area contributed by atoms with Crippen molar-refractivity contribution in [3.8, 4) is 0 Å². The van der Waals surface area contributed by atoms with E-state index in [0.29, 0.717) is 29.9 Å². The number of halogens is 2. The monoisotopic (exact) mass is 396 g/mol. The van der Waals surface area contributed by atoms with Crippen LogP contribution in [0.3, 0.4) is 0 Å². The van der Waals surface area contributed by atoms with Crippen LogP contribution in [0.5, 0.6) is 0 Å². The predicted octanol–water partition coefficient (Wildman–Crippen LogP) is 3.97. The fourth-order valence-electron chi connectivity index (χ4n) is 2.98. The zero-order valence-corrected chi connectivity index (χ0v) is 15.7. The number of hydrogen-bond acceptors (Lipinski definition) is 3. The highest BCUT2D eigenvalue weighted by atomic mass is 35.5. The first-order valence-electron chi connectivity index (χ1n) is 8.16. The Hall–Kier alpha value is -2.12. The lowest BCUT2D eigenvalue weighted by atomic mass is 10.1. The fourth-order valence-corrected chi connectivity index (χ4v) is 4.93. The lowest BCUT2D eigenvalue weighted by molar-refractivity contribution is 0.102. The number of hydrogen-bond donors (Lipinski definition) is 1. The van der Waals surface area contributed by atoms with Gasteiger partial charge in [0, 0.05) is 12.2 Å². The van der Waals surface area contributed by atoms with E-state index in [0.717, 1.165) is 12.5 Å². The molecule has 2 aromatic carbocycles. The van der Waals surface area contributed by atoms with Crippen LogP contribution in [-0.4, -0.2) is 26.6 Å². The summed E-state index contributed by atoms with van der Waals surface area (Å²) in [7, 11) is -3.31. The molecule has 1 aliphatic rings. The minimum atomic E-state index is -3.31. The topological polar surface area (TPSA) is 66.5 Å². The number of nitrogens with one attached hydrogen (secondary N) is 1. The van der Waals surface area contributed by atoms with Gasteiger partial charge in [-0.1, -0.05) is 17.7 Å². The molecule has 0 bridgehead atoms. The maximum absolute atomic E-state index is 13.9. The second-order valence-electron chi connectivity index (χ2n) is 6.15. The summed E-state index contributed by atoms with van der Waals surface area (Å²) < 4.78 is 39.8. The molecule has 1 aliphatic heterocycles. The Morgan fingerprint density at radius 3 is 2.65 bits per heavy atom. The fraction of sp³-hybridized carbons (Fsp3) is 0.278. The summed E-state index contributed by atoms with van der Waals surface area (Å²) in [5.74, 6) is -1.23. The van der Waals surface area contributed by atoms with E-state index in [1.165, 1.54) is 16.4 Å². The standard InChI is InChI=1S/C18H18ClFN2O3S/c1-12-11-13(21-18(23)17-14(19)5-4-6-15(17)20)7-8-16(12)22-9-2-3-10-26(22,24)25/h4-8,11H,2-3,9-10H2,1H3,(H,21,23). The molecule has 0 saturated carbocycles. The van der Waals surface area contributed by atoms with Crippen molar-refractivity contribution in [2.45, 2.75) is 19.8 Å². The third kappa shape index (κ3) is 3.68. The average molecular weight is 397 g/mol. The molecule has 8 heteroatoms. The number of benzene rings is 2. The molecule has 1 amide bonds. The summed E-state index contributed by atoms with van der Waals surface area (Å²) in [6.45, 7) is 2.21. The summed E-state index contributed by atoms with van der Waals surface area (Å²) in [5.41, 5.74) is 1.50. The Morgan fingerprint density at radius 1 is 1.23 bits per heavy atom. The second kappa shape index (κ2) is 7.25. The van der Waals surface area contributed by atoms with Crippen LogP contribution in [-0.2, 0) is 10.0 Å². The third-order valence-electron chi connectivity index (χ3n) is 4.26. The van der Waals surface area contributed by atoms with Gasteiger partial charge in [0.15, 0.2) is 0 Å². The molecule has 0 unspecified atom stereocenters. The quantitative estimate of drug-likeness (QED) is 0.853. The highest BCUT2D eigenvalue weighted by Gasteiger charge is 2.27. The van der Waals surface area contributed by atoms with Crippen LogP contribution in [0, 0.1) is 12.7 Å². The second-order valence-corrected chi connectivity index (χ2v) is 8.57. The van der Waals surface area contributed by atoms with Gasteiger partial charge in [-0.05, 0) is 55.7 Å². The summed E-state index contributed by atoms with van der Waals surface area (Å²) in [5, 5.41) is 2.62. The van der Waals surface area contributed by atoms with E-state index < -0.39 is 21.7 Å². The summed E-state index contributed by atoms with van der Waals surface area (Å²) in [6, 6.07) is 8.93. The van der Waals surface area contributed by atoms with Crippen LogP contribution >= 0.6 is 11.6 Å². The zero-order chi connectivity index (χ0) is 18.9. The van der Waals surface area contributed by atoms with Crippen molar-refractivity contribution in [1.29, 1.82) is 0 Å². The summed E-state index contributed by atoms with van der Waals surface area (Å²) >= 11 is 5.91. The molecule has 1 N–H and O–H groups in total. The number of anilines is 2. The van der Waals surface area contributed by atoms with E-state index in [1.54, 1.807) is 25.1 Å². The van der Waals surface area contributed by atoms with Gasteiger partial charge in [0.05, 0.1) is 22.0 Å². The van der Waals surface area contributed by atoms with Crippen LogP contribution < -0.4 is 9.62 Å². The van der Waals surface area contributed by atoms with Gasteiger partial charge < -0.3 is 5.32 Å². The summed E-state index contributed by atoms with van der Waals surface area (Å²) in [6.07, 6.45) is 1.47. The highest BCUT2D eigenvalue weighted by molar-refractivity contribution is 7.92. The molecule has 138 valence electrons. The Morgan fingerprint density at radius 2 is 2.00 bits per heavy atom. The van der Waals surface area contributed by atoms with E-state index in [4.69, 9.17) is 11.6 Å². The van der Waals surface area contributed by atoms with Crippen LogP contribution in [0.25, 0.3) is 0 Å². The SMILES string of the molecule is Cc1cc(NC(=O)c2c(F)cccc2Cl)ccc1N1CCCCS1(=O)=O. The van der Waals surface area contributed by atoms with E-state index in [-0.39, 0.29) is 16.3 Å². The first-order chi connectivity index (χ1) is 12.3. The van der Waals surface area contributed by atoms with Gasteiger partial charge in [-0.25, -0.2) is 12.8 Å². The molecule has 0 atom stereocenters. The van der Waals surface area contributed by atoms with Crippen LogP contribution in [0.1, 0.15) is 28.8 Å². The molecule has 26 heavy (non-hydrogen) atoms. The number of rotatable bonds is 3. The first kappa shape index (κ1) is 18.7. The van der Waals surface area contributed by atoms with Gasteiger partial charge in [-0.2, -0.15) is 0 Å². The average Bonchev–Trinajstić information content (AvgIpc) is 2.55. The van der Waals surface area contributed by atoms with E-state index in [2.05, 4.69) is 5.32 Å². The van der Waals surface area contributed by atoms with Gasteiger partial charge >= 0.3 is 0 Å². The van der Waals surface area contributed by atoms with Crippen molar-refractivity contribution in [2.24, 2.45) is 0 Å². The maximum atomic E-state index is 13.9. The van der Waals surface area contributed by atoms with Crippen molar-refractivity contribution in [2.75, 3.05) is 21.9 Å². The van der Waals surface area contributed by atoms with E-state index >= 15 is 0 Å². The Kier molecular flexibility index (Phi) is 5.20. The largest absolute Gasteiger partial charge is 0.322 e. The smallest absolute Gasteiger partial charge is 0.260 e. The molecule has 0 aliphatic carbocycles. The molecule has 1 heterocycles. The zero-order valence-electron chi connectivity index (χ0n) is 14.1. The molecule has 0 radical (unpaired) electrons. The molecule has 2 aromatic rings. The predicted molar refractivity (Wildman–Crippen MR) is 101 cm³/mol. The van der Waals surface area contributed by atoms with Gasteiger partial charge in [0.25, 0.3) is 5.91 Å². The lowest BCUT2D eigenvalue weighted by Crippen LogP contribution is -2.38. The van der Waals surface area contributed by atoms with Crippen molar-refractivity contribution in [3.63, 3.8) is 0 Å². The van der Waals surface area contributed by atoms with Crippen molar-refractivity contribution < 1.29 is 17.6 Å². The Labute approximate surface area is 156 Å². The van der Waals surface area contributed by atoms with Crippen LogP contribution in [0.2, 0.25) is 5.02 Å². The third-order valence-corrected chi connectivity index (χ3v) is 6.43. The minimum Gasteiger partial charge on any atom is -0.322 e. The number of nitrogens with zero attached hydrogens (tertiary/aromatic N) is 1. The number of sulfonamides is 1. The highest BCUT2D eigenvalue weighted by Crippen LogP contribution is 2.29. The minimum absolute atomic E-state index is 0.0234. The molecular weight excluding hydrogens is 379 g/mol. The molecule has 0 aromatic heterocycles. The summed E-state index contributed by atoms with van der Waals surface area (Å²) in [4.78, 5) is 12.3. The Bertz CT molecular complexity index is 943. The number of carbonyl (C=O) groups is 1. The number of amides is 1. The number of carbonyl (C=O) groups excluding carboxylic acids is 1. The first-order valence-corrected chi connectivity index (χ1v) is 10.1. The molecule has 5 nitrogen and oxygen atoms in total. The molecule has 3 rings (SSSR count). The van der Waals surface area contributed by atoms with Gasteiger partial charge in [0.1, 0.15) is 5.82 Å². The molecule has 1 saturated heterocycles. The molecular formula is C18H18ClFN2O3S.